The second-order valence-corrected chi connectivity index (χ2v) is 7.62. The molecule has 1 unspecified atom stereocenters. The smallest absolute Gasteiger partial charge is 0.543 e. The number of thiazole rings is 1. The maximum Gasteiger partial charge on any atom is 1.00 e. The molecule has 0 bridgehead atoms. The number of β-lactam (4-membered cyclic amide) rings is 1. The van der Waals surface area contributed by atoms with Gasteiger partial charge in [0.1, 0.15) is 43.3 Å². The van der Waals surface area contributed by atoms with E-state index in [1.165, 1.54) is 12.5 Å². The van der Waals surface area contributed by atoms with Gasteiger partial charge in [0.05, 0.1) is 5.97 Å². The molecule has 31 heavy (non-hydrogen) atoms. The van der Waals surface area contributed by atoms with Crippen LogP contribution >= 0.6 is 11.3 Å². The molecule has 4 rings (SSSR count). The number of hydrogen-bond acceptors (Lipinski definition) is 11. The predicted molar refractivity (Wildman–Crippen MR) is 99.6 cm³/mol. The number of rotatable bonds is 6. The molecular formula is C17H18N5NaO7S. The Hall–Kier alpha value is -2.19. The molecule has 2 fully saturated rings. The van der Waals surface area contributed by atoms with E-state index in [1.54, 1.807) is 0 Å². The van der Waals surface area contributed by atoms with E-state index >= 15 is 0 Å². The van der Waals surface area contributed by atoms with Crippen molar-refractivity contribution in [1.29, 1.82) is 0 Å². The fraction of sp³-hybridized carbons (Fsp3) is 0.471. The van der Waals surface area contributed by atoms with E-state index in [4.69, 9.17) is 20.0 Å². The van der Waals surface area contributed by atoms with Gasteiger partial charge >= 0.3 is 29.6 Å². The zero-order chi connectivity index (χ0) is 21.4. The molecule has 12 nitrogen and oxygen atoms in total. The zero-order valence-electron chi connectivity index (χ0n) is 16.8. The standard InChI is InChI=1S/C17H19N5O7S.Na/c1-27-21-10(7-6-30-17(18)19-7)14(23)20-11-8-5-29-13(9-3-2-4-28-9)12(16(25)26)22(8)15(11)24;/h6,8-9,11H,2-5H2,1H3,(H2,18,19)(H,20,23)(H,25,26);/q;+1/p-1/b21-10-;/t8-,9?,11+;/m1./s1. The molecule has 0 spiro atoms. The number of anilines is 1. The number of carbonyl (C=O) groups is 3. The van der Waals surface area contributed by atoms with Crippen LogP contribution in [0.2, 0.25) is 0 Å². The Morgan fingerprint density at radius 1 is 1.48 bits per heavy atom. The SMILES string of the molecule is CO/N=C(\C(=O)N[C@@H]1C(=O)N2C(C(=O)[O-])=C(C3CCCO3)OC[C@H]12)c1csc(N)n1.[Na+]. The summed E-state index contributed by atoms with van der Waals surface area (Å²) in [6, 6.07) is -1.71. The molecule has 14 heteroatoms. The number of amides is 2. The Bertz CT molecular complexity index is 958. The third kappa shape index (κ3) is 4.28. The number of aliphatic carboxylic acids is 1. The van der Waals surface area contributed by atoms with Crippen LogP contribution in [0.4, 0.5) is 5.13 Å². The Kier molecular flexibility index (Phi) is 7.21. The molecular weight excluding hydrogens is 441 g/mol. The summed E-state index contributed by atoms with van der Waals surface area (Å²) >= 11 is 1.11. The molecule has 2 amide bonds. The number of aromatic nitrogens is 1. The number of ether oxygens (including phenoxy) is 2. The summed E-state index contributed by atoms with van der Waals surface area (Å²) in [6.45, 7) is 0.486. The van der Waals surface area contributed by atoms with E-state index in [2.05, 4.69) is 15.5 Å². The summed E-state index contributed by atoms with van der Waals surface area (Å²) in [5.74, 6) is -2.77. The fourth-order valence-electron chi connectivity index (χ4n) is 3.64. The van der Waals surface area contributed by atoms with Gasteiger partial charge in [-0.05, 0) is 12.8 Å². The molecule has 160 valence electrons. The Morgan fingerprint density at radius 2 is 2.26 bits per heavy atom. The third-order valence-corrected chi connectivity index (χ3v) is 5.64. The number of hydrogen-bond donors (Lipinski definition) is 2. The molecule has 4 heterocycles. The van der Waals surface area contributed by atoms with Crippen molar-refractivity contribution in [3.05, 3.63) is 22.5 Å². The minimum Gasteiger partial charge on any atom is -0.543 e. The van der Waals surface area contributed by atoms with Crippen LogP contribution in [-0.2, 0) is 28.7 Å². The van der Waals surface area contributed by atoms with Crippen LogP contribution in [0.25, 0.3) is 0 Å². The van der Waals surface area contributed by atoms with E-state index in [-0.39, 0.29) is 64.2 Å². The number of nitrogens with zero attached hydrogens (tertiary/aromatic N) is 3. The molecule has 2 saturated heterocycles. The number of oxime groups is 1. The van der Waals surface area contributed by atoms with Crippen molar-refractivity contribution in [2.45, 2.75) is 31.0 Å². The number of carboxylic acid groups (broad SMARTS) is 1. The maximum atomic E-state index is 12.7. The van der Waals surface area contributed by atoms with Gasteiger partial charge in [0.2, 0.25) is 0 Å². The van der Waals surface area contributed by atoms with Crippen molar-refractivity contribution in [3.8, 4) is 0 Å². The molecule has 3 N–H and O–H groups in total. The molecule has 0 aromatic carbocycles. The van der Waals surface area contributed by atoms with E-state index in [0.717, 1.165) is 22.7 Å². The van der Waals surface area contributed by atoms with Crippen molar-refractivity contribution in [2.75, 3.05) is 26.1 Å². The minimum absolute atomic E-state index is 0. The number of nitrogens with one attached hydrogen (secondary N) is 1. The first-order valence-corrected chi connectivity index (χ1v) is 9.96. The average molecular weight is 459 g/mol. The van der Waals surface area contributed by atoms with Crippen LogP contribution in [-0.4, -0.2) is 71.9 Å². The topological polar surface area (TPSA) is 168 Å². The first-order chi connectivity index (χ1) is 14.4. The fourth-order valence-corrected chi connectivity index (χ4v) is 4.19. The van der Waals surface area contributed by atoms with E-state index < -0.39 is 36.0 Å². The van der Waals surface area contributed by atoms with Crippen LogP contribution in [0.1, 0.15) is 18.5 Å². The van der Waals surface area contributed by atoms with Gasteiger partial charge in [-0.1, -0.05) is 5.16 Å². The van der Waals surface area contributed by atoms with Crippen molar-refractivity contribution in [2.24, 2.45) is 5.16 Å². The predicted octanol–water partition coefficient (Wildman–Crippen LogP) is -5.05. The van der Waals surface area contributed by atoms with E-state index in [0.29, 0.717) is 13.0 Å². The Labute approximate surface area is 202 Å². The van der Waals surface area contributed by atoms with Gasteiger partial charge in [-0.25, -0.2) is 4.98 Å². The monoisotopic (exact) mass is 459 g/mol. The molecule has 0 aliphatic carbocycles. The maximum absolute atomic E-state index is 12.7. The number of carboxylic acids is 1. The number of nitrogens with two attached hydrogens (primary N) is 1. The Balaban J connectivity index is 0.00000272. The summed E-state index contributed by atoms with van der Waals surface area (Å²) in [4.78, 5) is 46.9. The summed E-state index contributed by atoms with van der Waals surface area (Å²) in [5, 5.41) is 19.7. The largest absolute Gasteiger partial charge is 1.00 e. The summed E-state index contributed by atoms with van der Waals surface area (Å²) in [6.07, 6.45) is 0.819. The number of fused-ring (bicyclic) bond motifs is 1. The van der Waals surface area contributed by atoms with Crippen LogP contribution in [0.15, 0.2) is 22.0 Å². The first kappa shape index (κ1) is 23.5. The van der Waals surface area contributed by atoms with Gasteiger partial charge in [0.15, 0.2) is 16.6 Å². The van der Waals surface area contributed by atoms with Crippen LogP contribution in [0.5, 0.6) is 0 Å². The number of carbonyl (C=O) groups excluding carboxylic acids is 3. The number of nitrogen functional groups attached to an aromatic ring is 1. The average Bonchev–Trinajstić information content (AvgIpc) is 3.40. The molecule has 0 radical (unpaired) electrons. The van der Waals surface area contributed by atoms with Gasteiger partial charge in [-0.15, -0.1) is 11.3 Å². The molecule has 3 aliphatic rings. The van der Waals surface area contributed by atoms with E-state index in [9.17, 15) is 19.5 Å². The molecule has 1 aromatic rings. The molecule has 0 saturated carbocycles. The van der Waals surface area contributed by atoms with Gasteiger partial charge in [0.25, 0.3) is 11.8 Å². The first-order valence-electron chi connectivity index (χ1n) is 9.08. The third-order valence-electron chi connectivity index (χ3n) is 4.97. The summed E-state index contributed by atoms with van der Waals surface area (Å²) in [7, 11) is 1.26. The van der Waals surface area contributed by atoms with Gasteiger partial charge in [-0.2, -0.15) is 0 Å². The van der Waals surface area contributed by atoms with Crippen molar-refractivity contribution >= 4 is 40.0 Å². The van der Waals surface area contributed by atoms with Crippen molar-refractivity contribution < 1.29 is 63.4 Å². The van der Waals surface area contributed by atoms with Crippen LogP contribution < -0.4 is 45.7 Å². The van der Waals surface area contributed by atoms with E-state index in [1.807, 2.05) is 0 Å². The summed E-state index contributed by atoms with van der Waals surface area (Å²) in [5.41, 5.74) is 5.27. The van der Waals surface area contributed by atoms with Gasteiger partial charge in [-0.3, -0.25) is 14.5 Å². The zero-order valence-corrected chi connectivity index (χ0v) is 19.6. The van der Waals surface area contributed by atoms with Crippen LogP contribution in [0.3, 0.4) is 0 Å². The van der Waals surface area contributed by atoms with Crippen molar-refractivity contribution in [3.63, 3.8) is 0 Å². The second-order valence-electron chi connectivity index (χ2n) is 6.73. The molecule has 1 aromatic heterocycles. The molecule has 3 aliphatic heterocycles. The van der Waals surface area contributed by atoms with Gasteiger partial charge < -0.3 is 35.3 Å². The quantitative estimate of drug-likeness (QED) is 0.183. The normalized spacial score (nSPS) is 25.2. The second kappa shape index (κ2) is 9.53. The van der Waals surface area contributed by atoms with Gasteiger partial charge in [0, 0.05) is 12.0 Å². The minimum atomic E-state index is -1.54. The van der Waals surface area contributed by atoms with Crippen molar-refractivity contribution in [1.82, 2.24) is 15.2 Å². The van der Waals surface area contributed by atoms with Crippen LogP contribution in [0, 0.1) is 0 Å². The Morgan fingerprint density at radius 3 is 2.84 bits per heavy atom. The summed E-state index contributed by atoms with van der Waals surface area (Å²) < 4.78 is 11.1. The molecule has 3 atom stereocenters.